The maximum absolute atomic E-state index is 13.6. The van der Waals surface area contributed by atoms with Crippen LogP contribution in [-0.4, -0.2) is 29.5 Å². The lowest BCUT2D eigenvalue weighted by Gasteiger charge is -2.39. The standard InChI is InChI=1S/C24H26I2N2O2S/c1-15-8-6-7-11-20(15)28-23(29)21(31-24(28)27-17-9-4-3-5-10-17)14-16-12-18(25)22(30-2)19(26)13-16/h3-5,9-10,12-15,20,24,27H,6-8,11H2,1-2H3/b21-14-/t15-,20+,24?/m1/s1. The normalized spacial score (nSPS) is 25.2. The smallest absolute Gasteiger partial charge is 0.262 e. The monoisotopic (exact) mass is 660 g/mol. The van der Waals surface area contributed by atoms with Gasteiger partial charge in [-0.3, -0.25) is 4.79 Å². The van der Waals surface area contributed by atoms with Crippen LogP contribution in [0.25, 0.3) is 6.08 Å². The van der Waals surface area contributed by atoms with Gasteiger partial charge in [0, 0.05) is 11.7 Å². The van der Waals surface area contributed by atoms with Crippen molar-refractivity contribution >= 4 is 74.6 Å². The molecular formula is C24H26I2N2O2S. The Bertz CT molecular complexity index is 960. The van der Waals surface area contributed by atoms with Gasteiger partial charge in [-0.15, -0.1) is 0 Å². The molecule has 1 aliphatic carbocycles. The number of hydrogen-bond acceptors (Lipinski definition) is 4. The molecule has 2 aromatic rings. The molecule has 1 amide bonds. The van der Waals surface area contributed by atoms with E-state index in [0.29, 0.717) is 5.92 Å². The van der Waals surface area contributed by atoms with Crippen molar-refractivity contribution in [2.45, 2.75) is 44.1 Å². The molecule has 164 valence electrons. The summed E-state index contributed by atoms with van der Waals surface area (Å²) < 4.78 is 7.58. The third kappa shape index (κ3) is 5.19. The lowest BCUT2D eigenvalue weighted by Crippen LogP contribution is -2.48. The Morgan fingerprint density at radius 3 is 2.45 bits per heavy atom. The average molecular weight is 660 g/mol. The quantitative estimate of drug-likeness (QED) is 0.283. The summed E-state index contributed by atoms with van der Waals surface area (Å²) in [4.78, 5) is 16.5. The lowest BCUT2D eigenvalue weighted by atomic mass is 9.85. The molecule has 1 saturated carbocycles. The van der Waals surface area contributed by atoms with Gasteiger partial charge in [-0.05, 0) is 99.8 Å². The van der Waals surface area contributed by atoms with Crippen LogP contribution in [0.15, 0.2) is 47.4 Å². The second-order valence-electron chi connectivity index (χ2n) is 8.05. The number of rotatable bonds is 5. The Hall–Kier alpha value is -0.940. The van der Waals surface area contributed by atoms with Crippen LogP contribution in [0.2, 0.25) is 0 Å². The first-order valence-corrected chi connectivity index (χ1v) is 13.6. The van der Waals surface area contributed by atoms with Gasteiger partial charge in [-0.1, -0.05) is 49.7 Å². The predicted octanol–water partition coefficient (Wildman–Crippen LogP) is 6.80. The number of carbonyl (C=O) groups is 1. The molecule has 0 bridgehead atoms. The van der Waals surface area contributed by atoms with E-state index in [1.807, 2.05) is 24.3 Å². The minimum atomic E-state index is -0.0944. The average Bonchev–Trinajstić information content (AvgIpc) is 3.03. The van der Waals surface area contributed by atoms with Crippen molar-refractivity contribution in [2.24, 2.45) is 5.92 Å². The number of thioether (sulfide) groups is 1. The van der Waals surface area contributed by atoms with Crippen LogP contribution in [0.1, 0.15) is 38.2 Å². The van der Waals surface area contributed by atoms with Gasteiger partial charge in [0.15, 0.2) is 5.50 Å². The fraction of sp³-hybridized carbons (Fsp3) is 0.375. The molecule has 2 aromatic carbocycles. The number of ether oxygens (including phenoxy) is 1. The Labute approximate surface area is 215 Å². The van der Waals surface area contributed by atoms with Crippen LogP contribution in [0.3, 0.4) is 0 Å². The van der Waals surface area contributed by atoms with E-state index in [4.69, 9.17) is 4.74 Å². The van der Waals surface area contributed by atoms with Crippen molar-refractivity contribution in [2.75, 3.05) is 12.4 Å². The molecule has 4 rings (SSSR count). The van der Waals surface area contributed by atoms with Crippen LogP contribution in [0.4, 0.5) is 5.69 Å². The molecule has 0 aromatic heterocycles. The van der Waals surface area contributed by atoms with Gasteiger partial charge in [0.05, 0.1) is 19.2 Å². The van der Waals surface area contributed by atoms with Gasteiger partial charge >= 0.3 is 0 Å². The van der Waals surface area contributed by atoms with E-state index in [2.05, 4.69) is 86.6 Å². The molecule has 7 heteroatoms. The number of anilines is 1. The zero-order valence-corrected chi connectivity index (χ0v) is 22.7. The summed E-state index contributed by atoms with van der Waals surface area (Å²) in [5, 5.41) is 3.60. The fourth-order valence-corrected chi connectivity index (χ4v) is 7.84. The zero-order valence-electron chi connectivity index (χ0n) is 17.6. The van der Waals surface area contributed by atoms with Crippen molar-refractivity contribution < 1.29 is 9.53 Å². The Balaban J connectivity index is 1.66. The number of carbonyl (C=O) groups excluding carboxylic acids is 1. The number of para-hydroxylation sites is 1. The minimum Gasteiger partial charge on any atom is -0.495 e. The highest BCUT2D eigenvalue weighted by Gasteiger charge is 2.42. The van der Waals surface area contributed by atoms with Crippen molar-refractivity contribution in [3.8, 4) is 5.75 Å². The van der Waals surface area contributed by atoms with Gasteiger partial charge in [0.2, 0.25) is 0 Å². The maximum atomic E-state index is 13.6. The molecule has 31 heavy (non-hydrogen) atoms. The molecule has 2 aliphatic rings. The van der Waals surface area contributed by atoms with Gasteiger partial charge in [0.1, 0.15) is 5.75 Å². The summed E-state index contributed by atoms with van der Waals surface area (Å²) in [7, 11) is 1.69. The summed E-state index contributed by atoms with van der Waals surface area (Å²) >= 11 is 6.21. The van der Waals surface area contributed by atoms with Gasteiger partial charge in [-0.25, -0.2) is 0 Å². The summed E-state index contributed by atoms with van der Waals surface area (Å²) in [6.07, 6.45) is 6.74. The number of halogens is 2. The van der Waals surface area contributed by atoms with Gasteiger partial charge < -0.3 is 15.0 Å². The van der Waals surface area contributed by atoms with Crippen molar-refractivity contribution in [1.82, 2.24) is 4.90 Å². The second kappa shape index (κ2) is 10.3. The largest absolute Gasteiger partial charge is 0.495 e. The molecule has 1 aliphatic heterocycles. The SMILES string of the molecule is COc1c(I)cc(/C=C2\SC(Nc3ccccc3)N([C@H]3CCCC[C@H]3C)C2=O)cc1I. The third-order valence-corrected chi connectivity index (χ3v) is 8.66. The number of methoxy groups -OCH3 is 1. The van der Waals surface area contributed by atoms with Crippen LogP contribution < -0.4 is 10.1 Å². The van der Waals surface area contributed by atoms with E-state index in [1.54, 1.807) is 18.9 Å². The molecule has 3 atom stereocenters. The Morgan fingerprint density at radius 2 is 1.81 bits per heavy atom. The molecular weight excluding hydrogens is 634 g/mol. The number of benzene rings is 2. The number of amides is 1. The van der Waals surface area contributed by atoms with E-state index in [9.17, 15) is 4.79 Å². The fourth-order valence-electron chi connectivity index (χ4n) is 4.38. The first kappa shape index (κ1) is 23.2. The van der Waals surface area contributed by atoms with E-state index >= 15 is 0 Å². The van der Waals surface area contributed by atoms with Crippen molar-refractivity contribution in [1.29, 1.82) is 0 Å². The molecule has 1 heterocycles. The lowest BCUT2D eigenvalue weighted by molar-refractivity contribution is -0.129. The molecule has 1 unspecified atom stereocenters. The Morgan fingerprint density at radius 1 is 1.13 bits per heavy atom. The molecule has 0 spiro atoms. The highest BCUT2D eigenvalue weighted by molar-refractivity contribution is 14.1. The molecule has 1 N–H and O–H groups in total. The first-order valence-electron chi connectivity index (χ1n) is 10.5. The van der Waals surface area contributed by atoms with E-state index in [1.165, 1.54) is 19.3 Å². The van der Waals surface area contributed by atoms with Crippen molar-refractivity contribution in [3.63, 3.8) is 0 Å². The number of nitrogens with zero attached hydrogens (tertiary/aromatic N) is 1. The maximum Gasteiger partial charge on any atom is 0.262 e. The van der Waals surface area contributed by atoms with Crippen LogP contribution in [0.5, 0.6) is 5.75 Å². The van der Waals surface area contributed by atoms with Crippen molar-refractivity contribution in [3.05, 3.63) is 60.1 Å². The highest BCUT2D eigenvalue weighted by Crippen LogP contribution is 2.42. The molecule has 1 saturated heterocycles. The number of hydrogen-bond donors (Lipinski definition) is 1. The topological polar surface area (TPSA) is 41.6 Å². The summed E-state index contributed by atoms with van der Waals surface area (Å²) in [6, 6.07) is 14.6. The van der Waals surface area contributed by atoms with Crippen LogP contribution in [0, 0.1) is 13.1 Å². The second-order valence-corrected chi connectivity index (χ2v) is 11.5. The van der Waals surface area contributed by atoms with E-state index < -0.39 is 0 Å². The molecule has 0 radical (unpaired) electrons. The van der Waals surface area contributed by atoms with Crippen LogP contribution in [-0.2, 0) is 4.79 Å². The summed E-state index contributed by atoms with van der Waals surface area (Å²) in [5.41, 5.74) is 1.97. The van der Waals surface area contributed by atoms with E-state index in [-0.39, 0.29) is 17.4 Å². The molecule has 4 nitrogen and oxygen atoms in total. The predicted molar refractivity (Wildman–Crippen MR) is 146 cm³/mol. The number of nitrogens with one attached hydrogen (secondary N) is 1. The highest BCUT2D eigenvalue weighted by atomic mass is 127. The first-order chi connectivity index (χ1) is 15.0. The third-order valence-electron chi connectivity index (χ3n) is 5.95. The zero-order chi connectivity index (χ0) is 22.0. The summed E-state index contributed by atoms with van der Waals surface area (Å²) in [5.74, 6) is 1.54. The minimum absolute atomic E-state index is 0.0944. The Kier molecular flexibility index (Phi) is 7.74. The summed E-state index contributed by atoms with van der Waals surface area (Å²) in [6.45, 7) is 2.29. The van der Waals surface area contributed by atoms with Gasteiger partial charge in [0.25, 0.3) is 5.91 Å². The molecule has 2 fully saturated rings. The van der Waals surface area contributed by atoms with E-state index in [0.717, 1.165) is 35.5 Å². The van der Waals surface area contributed by atoms with Gasteiger partial charge in [-0.2, -0.15) is 0 Å². The van der Waals surface area contributed by atoms with Crippen LogP contribution >= 0.6 is 56.9 Å².